The van der Waals surface area contributed by atoms with Crippen molar-refractivity contribution in [3.63, 3.8) is 0 Å². The largest absolute Gasteiger partial charge is 0.456 e. The number of nitrogen functional groups attached to an aromatic ring is 1. The van der Waals surface area contributed by atoms with E-state index in [1.165, 1.54) is 24.4 Å². The van der Waals surface area contributed by atoms with E-state index in [1.807, 2.05) is 0 Å². The Labute approximate surface area is 124 Å². The minimum atomic E-state index is -1.21. The van der Waals surface area contributed by atoms with Gasteiger partial charge >= 0.3 is 12.1 Å². The fourth-order valence-corrected chi connectivity index (χ4v) is 1.68. The van der Waals surface area contributed by atoms with Gasteiger partial charge in [-0.05, 0) is 24.3 Å². The highest BCUT2D eigenvalue weighted by molar-refractivity contribution is 6.32. The summed E-state index contributed by atoms with van der Waals surface area (Å²) in [5.41, 5.74) is 10.7. The van der Waals surface area contributed by atoms with E-state index in [2.05, 4.69) is 9.72 Å². The number of hydrogen-bond donors (Lipinski definition) is 2. The predicted molar refractivity (Wildman–Crippen MR) is 75.2 cm³/mol. The molecule has 1 aromatic carbocycles. The number of pyridine rings is 1. The number of nitrogens with zero attached hydrogens (tertiary/aromatic N) is 1. The molecule has 1 aromatic heterocycles. The number of carbonyl (C=O) groups excluding carboxylic acids is 2. The Bertz CT molecular complexity index is 706. The molecule has 7 nitrogen and oxygen atoms in total. The molecule has 1 amide bonds. The Morgan fingerprint density at radius 3 is 2.62 bits per heavy atom. The fraction of sp³-hybridized carbons (Fsp3) is 0. The maximum Gasteiger partial charge on any atom is 0.412 e. The lowest BCUT2D eigenvalue weighted by Crippen LogP contribution is -2.19. The molecule has 0 unspecified atom stereocenters. The Balaban J connectivity index is 2.21. The lowest BCUT2D eigenvalue weighted by Gasteiger charge is -2.08. The van der Waals surface area contributed by atoms with Gasteiger partial charge in [0.15, 0.2) is 5.69 Å². The summed E-state index contributed by atoms with van der Waals surface area (Å²) in [4.78, 5) is 25.8. The quantitative estimate of drug-likeness (QED) is 0.510. The third kappa shape index (κ3) is 3.83. The summed E-state index contributed by atoms with van der Waals surface area (Å²) in [5.74, 6) is -0.337. The van der Waals surface area contributed by atoms with Crippen LogP contribution in [-0.2, 0) is 4.74 Å². The van der Waals surface area contributed by atoms with Gasteiger partial charge in [0.2, 0.25) is 0 Å². The van der Waals surface area contributed by atoms with Crippen LogP contribution in [0.4, 0.5) is 10.5 Å². The standard InChI is InChI=1S/C13H10ClN3O4/c14-9-5-7(15)1-2-11(9)20-8-3-4-17-10(6-8)12(18)21-13(16)19/h1-6H,15H2,(H2,16,19). The summed E-state index contributed by atoms with van der Waals surface area (Å²) < 4.78 is 9.73. The van der Waals surface area contributed by atoms with Gasteiger partial charge in [-0.2, -0.15) is 0 Å². The van der Waals surface area contributed by atoms with Crippen molar-refractivity contribution in [2.45, 2.75) is 0 Å². The molecular weight excluding hydrogens is 298 g/mol. The van der Waals surface area contributed by atoms with E-state index in [9.17, 15) is 9.59 Å². The fourth-order valence-electron chi connectivity index (χ4n) is 1.46. The first kappa shape index (κ1) is 14.6. The molecule has 21 heavy (non-hydrogen) atoms. The van der Waals surface area contributed by atoms with Gasteiger partial charge in [0, 0.05) is 18.0 Å². The molecular formula is C13H10ClN3O4. The van der Waals surface area contributed by atoms with Crippen LogP contribution in [-0.4, -0.2) is 17.0 Å². The number of rotatable bonds is 3. The first-order valence-corrected chi connectivity index (χ1v) is 6.04. The molecule has 1 heterocycles. The van der Waals surface area contributed by atoms with Gasteiger partial charge in [0.25, 0.3) is 0 Å². The van der Waals surface area contributed by atoms with Crippen molar-refractivity contribution in [1.82, 2.24) is 4.98 Å². The molecule has 0 aliphatic heterocycles. The predicted octanol–water partition coefficient (Wildman–Crippen LogP) is 2.35. The number of primary amides is 1. The zero-order chi connectivity index (χ0) is 15.4. The van der Waals surface area contributed by atoms with Crippen LogP contribution >= 0.6 is 11.6 Å². The minimum absolute atomic E-state index is 0.127. The van der Waals surface area contributed by atoms with E-state index in [4.69, 9.17) is 27.8 Å². The van der Waals surface area contributed by atoms with Crippen molar-refractivity contribution in [3.05, 3.63) is 47.2 Å². The van der Waals surface area contributed by atoms with E-state index in [-0.39, 0.29) is 11.4 Å². The second kappa shape index (κ2) is 6.10. The first-order chi connectivity index (χ1) is 9.95. The van der Waals surface area contributed by atoms with Crippen molar-refractivity contribution in [3.8, 4) is 11.5 Å². The number of amides is 1. The third-order valence-electron chi connectivity index (χ3n) is 2.32. The van der Waals surface area contributed by atoms with E-state index in [1.54, 1.807) is 12.1 Å². The molecule has 0 saturated carbocycles. The number of esters is 1. The Hall–Kier alpha value is -2.80. The maximum atomic E-state index is 11.5. The average Bonchev–Trinajstić information content (AvgIpc) is 2.41. The van der Waals surface area contributed by atoms with Crippen LogP contribution in [0.5, 0.6) is 11.5 Å². The molecule has 2 rings (SSSR count). The molecule has 0 radical (unpaired) electrons. The molecule has 0 atom stereocenters. The van der Waals surface area contributed by atoms with Crippen LogP contribution < -0.4 is 16.2 Å². The van der Waals surface area contributed by atoms with Crippen molar-refractivity contribution < 1.29 is 19.1 Å². The van der Waals surface area contributed by atoms with Gasteiger partial charge in [0.1, 0.15) is 11.5 Å². The highest BCUT2D eigenvalue weighted by Gasteiger charge is 2.13. The summed E-state index contributed by atoms with van der Waals surface area (Å²) in [7, 11) is 0. The van der Waals surface area contributed by atoms with Gasteiger partial charge in [-0.25, -0.2) is 14.6 Å². The van der Waals surface area contributed by atoms with Gasteiger partial charge in [-0.1, -0.05) is 11.6 Å². The number of carbonyl (C=O) groups is 2. The zero-order valence-corrected chi connectivity index (χ0v) is 11.3. The molecule has 0 saturated heterocycles. The molecule has 0 bridgehead atoms. The van der Waals surface area contributed by atoms with Crippen molar-refractivity contribution in [2.24, 2.45) is 5.73 Å². The molecule has 108 valence electrons. The van der Waals surface area contributed by atoms with E-state index >= 15 is 0 Å². The zero-order valence-electron chi connectivity index (χ0n) is 10.6. The summed E-state index contributed by atoms with van der Waals surface area (Å²) in [6, 6.07) is 7.52. The smallest absolute Gasteiger partial charge is 0.412 e. The van der Waals surface area contributed by atoms with Gasteiger partial charge in [-0.15, -0.1) is 0 Å². The number of ether oxygens (including phenoxy) is 2. The summed E-state index contributed by atoms with van der Waals surface area (Å²) in [6.07, 6.45) is 0.104. The number of hydrogen-bond acceptors (Lipinski definition) is 6. The van der Waals surface area contributed by atoms with E-state index in [0.717, 1.165) is 0 Å². The summed E-state index contributed by atoms with van der Waals surface area (Å²) in [6.45, 7) is 0. The number of benzene rings is 1. The van der Waals surface area contributed by atoms with Crippen molar-refractivity contribution in [2.75, 3.05) is 5.73 Å². The Morgan fingerprint density at radius 1 is 1.19 bits per heavy atom. The van der Waals surface area contributed by atoms with E-state index < -0.39 is 12.1 Å². The van der Waals surface area contributed by atoms with Gasteiger partial charge in [0.05, 0.1) is 5.02 Å². The first-order valence-electron chi connectivity index (χ1n) is 5.66. The molecule has 0 spiro atoms. The number of halogens is 1. The number of nitrogens with two attached hydrogens (primary N) is 2. The second-order valence-corrected chi connectivity index (χ2v) is 4.28. The lowest BCUT2D eigenvalue weighted by molar-refractivity contribution is 0.0631. The second-order valence-electron chi connectivity index (χ2n) is 3.88. The van der Waals surface area contributed by atoms with Crippen LogP contribution in [0.25, 0.3) is 0 Å². The van der Waals surface area contributed by atoms with E-state index in [0.29, 0.717) is 16.5 Å². The molecule has 2 aromatic rings. The average molecular weight is 308 g/mol. The summed E-state index contributed by atoms with van der Waals surface area (Å²) in [5, 5.41) is 0.313. The summed E-state index contributed by atoms with van der Waals surface area (Å²) >= 11 is 5.98. The highest BCUT2D eigenvalue weighted by Crippen LogP contribution is 2.30. The van der Waals surface area contributed by atoms with Crippen LogP contribution in [0.3, 0.4) is 0 Å². The third-order valence-corrected chi connectivity index (χ3v) is 2.61. The Kier molecular flexibility index (Phi) is 4.24. The molecule has 0 fully saturated rings. The normalized spacial score (nSPS) is 9.95. The number of aromatic nitrogens is 1. The van der Waals surface area contributed by atoms with Crippen LogP contribution in [0.2, 0.25) is 5.02 Å². The number of anilines is 1. The SMILES string of the molecule is NC(=O)OC(=O)c1cc(Oc2ccc(N)cc2Cl)ccn1. The van der Waals surface area contributed by atoms with Crippen LogP contribution in [0, 0.1) is 0 Å². The van der Waals surface area contributed by atoms with Gasteiger partial charge < -0.3 is 20.9 Å². The monoisotopic (exact) mass is 307 g/mol. The van der Waals surface area contributed by atoms with Crippen molar-refractivity contribution >= 4 is 29.4 Å². The van der Waals surface area contributed by atoms with Crippen molar-refractivity contribution in [1.29, 1.82) is 0 Å². The van der Waals surface area contributed by atoms with Crippen LogP contribution in [0.1, 0.15) is 10.5 Å². The Morgan fingerprint density at radius 2 is 1.95 bits per heavy atom. The molecule has 8 heteroatoms. The molecule has 0 aliphatic rings. The molecule has 4 N–H and O–H groups in total. The minimum Gasteiger partial charge on any atom is -0.456 e. The lowest BCUT2D eigenvalue weighted by atomic mass is 10.3. The molecule has 0 aliphatic carbocycles. The van der Waals surface area contributed by atoms with Gasteiger partial charge in [-0.3, -0.25) is 0 Å². The van der Waals surface area contributed by atoms with Crippen LogP contribution in [0.15, 0.2) is 36.5 Å². The topological polar surface area (TPSA) is 118 Å². The maximum absolute atomic E-state index is 11.5. The highest BCUT2D eigenvalue weighted by atomic mass is 35.5.